The Kier molecular flexibility index (Phi) is 5.42. The number of benzene rings is 1. The van der Waals surface area contributed by atoms with Crippen molar-refractivity contribution in [3.8, 4) is 0 Å². The van der Waals surface area contributed by atoms with E-state index in [1.165, 1.54) is 54.2 Å². The third-order valence-corrected chi connectivity index (χ3v) is 4.52. The fourth-order valence-electron chi connectivity index (χ4n) is 2.43. The summed E-state index contributed by atoms with van der Waals surface area (Å²) in [5, 5.41) is 4.50. The molecule has 2 rings (SSSR count). The van der Waals surface area contributed by atoms with E-state index in [-0.39, 0.29) is 0 Å². The van der Waals surface area contributed by atoms with Crippen molar-refractivity contribution in [1.82, 2.24) is 0 Å². The average Bonchev–Trinajstić information content (AvgIpc) is 2.25. The summed E-state index contributed by atoms with van der Waals surface area (Å²) in [6.07, 6.45) is 9.55. The Morgan fingerprint density at radius 3 is 2.35 bits per heavy atom. The van der Waals surface area contributed by atoms with Gasteiger partial charge in [0.05, 0.1) is 0 Å². The van der Waals surface area contributed by atoms with Crippen molar-refractivity contribution in [2.24, 2.45) is 0 Å². The van der Waals surface area contributed by atoms with Crippen molar-refractivity contribution in [1.29, 1.82) is 0 Å². The molecule has 1 fully saturated rings. The Bertz CT molecular complexity index is 359. The predicted molar refractivity (Wildman–Crippen MR) is 83.9 cm³/mol. The first-order chi connectivity index (χ1) is 8.25. The van der Waals surface area contributed by atoms with Gasteiger partial charge in [-0.25, -0.2) is 0 Å². The van der Waals surface area contributed by atoms with Crippen LogP contribution in [0, 0.1) is 3.57 Å². The topological polar surface area (TPSA) is 12.0 Å². The van der Waals surface area contributed by atoms with Gasteiger partial charge >= 0.3 is 0 Å². The lowest BCUT2D eigenvalue weighted by Gasteiger charge is -2.22. The number of nitrogens with one attached hydrogen (secondary N) is 1. The first-order valence-electron chi connectivity index (χ1n) is 6.47. The minimum Gasteiger partial charge on any atom is -0.381 e. The molecule has 0 spiro atoms. The number of hydrogen-bond acceptors (Lipinski definition) is 1. The van der Waals surface area contributed by atoms with Crippen molar-refractivity contribution < 1.29 is 0 Å². The third-order valence-electron chi connectivity index (χ3n) is 3.40. The molecule has 0 radical (unpaired) electrons. The lowest BCUT2D eigenvalue weighted by molar-refractivity contribution is 0.471. The van der Waals surface area contributed by atoms with Crippen LogP contribution in [0.4, 0.5) is 5.69 Å². The molecule has 0 aromatic heterocycles. The molecule has 0 atom stereocenters. The van der Waals surface area contributed by atoms with Crippen molar-refractivity contribution in [2.45, 2.75) is 51.0 Å². The van der Waals surface area contributed by atoms with Crippen molar-refractivity contribution in [3.63, 3.8) is 0 Å². The first kappa shape index (κ1) is 13.5. The van der Waals surface area contributed by atoms with Crippen LogP contribution in [-0.2, 0) is 0 Å². The molecule has 3 heteroatoms. The van der Waals surface area contributed by atoms with Gasteiger partial charge in [-0.05, 0) is 53.6 Å². The summed E-state index contributed by atoms with van der Waals surface area (Å²) in [7, 11) is 0. The van der Waals surface area contributed by atoms with Gasteiger partial charge in [-0.15, -0.1) is 0 Å². The Balaban J connectivity index is 1.98. The molecule has 17 heavy (non-hydrogen) atoms. The van der Waals surface area contributed by atoms with E-state index in [0.29, 0.717) is 6.04 Å². The highest BCUT2D eigenvalue weighted by molar-refractivity contribution is 14.1. The molecule has 1 saturated carbocycles. The number of hydrogen-bond donors (Lipinski definition) is 1. The Morgan fingerprint density at radius 1 is 1.06 bits per heavy atom. The van der Waals surface area contributed by atoms with Crippen molar-refractivity contribution >= 4 is 39.9 Å². The zero-order chi connectivity index (χ0) is 12.1. The van der Waals surface area contributed by atoms with Crippen molar-refractivity contribution in [3.05, 3.63) is 26.8 Å². The summed E-state index contributed by atoms with van der Waals surface area (Å²) in [4.78, 5) is 0. The average molecular weight is 364 g/mol. The summed E-state index contributed by atoms with van der Waals surface area (Å²) in [6.45, 7) is 0. The number of anilines is 1. The maximum absolute atomic E-state index is 5.97. The Hall–Kier alpha value is 0.0400. The number of halogens is 2. The van der Waals surface area contributed by atoms with Gasteiger partial charge in [-0.3, -0.25) is 0 Å². The lowest BCUT2D eigenvalue weighted by atomic mass is 9.96. The molecule has 1 aliphatic rings. The van der Waals surface area contributed by atoms with Crippen LogP contribution in [-0.4, -0.2) is 6.04 Å². The zero-order valence-electron chi connectivity index (χ0n) is 10.0. The highest BCUT2D eigenvalue weighted by Gasteiger charge is 2.12. The fraction of sp³-hybridized carbons (Fsp3) is 0.571. The molecule has 1 aromatic carbocycles. The molecular formula is C14H19ClIN. The second-order valence-electron chi connectivity index (χ2n) is 4.81. The van der Waals surface area contributed by atoms with Crippen LogP contribution >= 0.6 is 34.2 Å². The molecule has 1 aromatic rings. The first-order valence-corrected chi connectivity index (χ1v) is 7.93. The van der Waals surface area contributed by atoms with Gasteiger partial charge in [0.15, 0.2) is 0 Å². The molecule has 1 nitrogen and oxygen atoms in total. The van der Waals surface area contributed by atoms with E-state index in [0.717, 1.165) is 5.02 Å². The van der Waals surface area contributed by atoms with Crippen LogP contribution in [0.15, 0.2) is 18.2 Å². The molecule has 0 unspecified atom stereocenters. The van der Waals surface area contributed by atoms with Crippen LogP contribution in [0.5, 0.6) is 0 Å². The normalized spacial score (nSPS) is 18.5. The van der Waals surface area contributed by atoms with Crippen LogP contribution in [0.3, 0.4) is 0 Å². The Morgan fingerprint density at radius 2 is 1.71 bits per heavy atom. The molecule has 0 saturated heterocycles. The smallest absolute Gasteiger partial charge is 0.0479 e. The van der Waals surface area contributed by atoms with E-state index < -0.39 is 0 Å². The summed E-state index contributed by atoms with van der Waals surface area (Å²) in [6, 6.07) is 6.73. The SMILES string of the molecule is Clc1ccc(NC2CCCCCCC2)c(I)c1. The van der Waals surface area contributed by atoms with Crippen LogP contribution < -0.4 is 5.32 Å². The minimum absolute atomic E-state index is 0.644. The van der Waals surface area contributed by atoms with Gasteiger partial charge in [-0.2, -0.15) is 0 Å². The molecule has 0 bridgehead atoms. The van der Waals surface area contributed by atoms with E-state index in [1.54, 1.807) is 0 Å². The van der Waals surface area contributed by atoms with E-state index in [4.69, 9.17) is 11.6 Å². The van der Waals surface area contributed by atoms with Crippen LogP contribution in [0.1, 0.15) is 44.9 Å². The minimum atomic E-state index is 0.644. The molecule has 1 aliphatic carbocycles. The van der Waals surface area contributed by atoms with Gasteiger partial charge < -0.3 is 5.32 Å². The van der Waals surface area contributed by atoms with Gasteiger partial charge in [-0.1, -0.05) is 43.7 Å². The molecular weight excluding hydrogens is 345 g/mol. The van der Waals surface area contributed by atoms with E-state index in [9.17, 15) is 0 Å². The third kappa shape index (κ3) is 4.32. The highest BCUT2D eigenvalue weighted by Crippen LogP contribution is 2.26. The monoisotopic (exact) mass is 363 g/mol. The quantitative estimate of drug-likeness (QED) is 0.687. The zero-order valence-corrected chi connectivity index (χ0v) is 12.9. The summed E-state index contributed by atoms with van der Waals surface area (Å²) in [5.41, 5.74) is 1.24. The van der Waals surface area contributed by atoms with E-state index in [1.807, 2.05) is 12.1 Å². The fourth-order valence-corrected chi connectivity index (χ4v) is 3.45. The van der Waals surface area contributed by atoms with E-state index in [2.05, 4.69) is 34.0 Å². The molecule has 0 heterocycles. The second-order valence-corrected chi connectivity index (χ2v) is 6.41. The second kappa shape index (κ2) is 6.83. The molecule has 94 valence electrons. The lowest BCUT2D eigenvalue weighted by Crippen LogP contribution is -2.21. The summed E-state index contributed by atoms with van der Waals surface area (Å²) in [5.74, 6) is 0. The predicted octanol–water partition coefficient (Wildman–Crippen LogP) is 5.47. The largest absolute Gasteiger partial charge is 0.381 e. The molecule has 1 N–H and O–H groups in total. The van der Waals surface area contributed by atoms with Gasteiger partial charge in [0.2, 0.25) is 0 Å². The van der Waals surface area contributed by atoms with Gasteiger partial charge in [0.25, 0.3) is 0 Å². The van der Waals surface area contributed by atoms with Crippen LogP contribution in [0.2, 0.25) is 5.02 Å². The van der Waals surface area contributed by atoms with E-state index >= 15 is 0 Å². The van der Waals surface area contributed by atoms with Crippen LogP contribution in [0.25, 0.3) is 0 Å². The maximum atomic E-state index is 5.97. The summed E-state index contributed by atoms with van der Waals surface area (Å²) < 4.78 is 1.22. The highest BCUT2D eigenvalue weighted by atomic mass is 127. The maximum Gasteiger partial charge on any atom is 0.0479 e. The van der Waals surface area contributed by atoms with Gasteiger partial charge in [0, 0.05) is 20.3 Å². The van der Waals surface area contributed by atoms with Crippen molar-refractivity contribution in [2.75, 3.05) is 5.32 Å². The standard InChI is InChI=1S/C14H19ClIN/c15-11-8-9-14(13(16)10-11)17-12-6-4-2-1-3-5-7-12/h8-10,12,17H,1-7H2. The molecule has 0 aliphatic heterocycles. The number of rotatable bonds is 2. The summed E-state index contributed by atoms with van der Waals surface area (Å²) >= 11 is 8.33. The Labute approximate surface area is 122 Å². The molecule has 0 amide bonds. The van der Waals surface area contributed by atoms with Gasteiger partial charge in [0.1, 0.15) is 0 Å².